The third-order valence-corrected chi connectivity index (χ3v) is 4.34. The molecule has 1 unspecified atom stereocenters. The lowest BCUT2D eigenvalue weighted by molar-refractivity contribution is -0.0440. The van der Waals surface area contributed by atoms with E-state index in [1.165, 1.54) is 10.9 Å². The summed E-state index contributed by atoms with van der Waals surface area (Å²) in [6.45, 7) is 1.85. The van der Waals surface area contributed by atoms with Gasteiger partial charge in [-0.3, -0.25) is 4.68 Å². The molecule has 2 heterocycles. The van der Waals surface area contributed by atoms with E-state index in [4.69, 9.17) is 4.74 Å². The third kappa shape index (κ3) is 3.28. The molecular weight excluding hydrogens is 377 g/mol. The van der Waals surface area contributed by atoms with Crippen LogP contribution in [0.3, 0.4) is 0 Å². The first kappa shape index (κ1) is 18.3. The fourth-order valence-corrected chi connectivity index (χ4v) is 2.97. The van der Waals surface area contributed by atoms with Crippen molar-refractivity contribution in [2.24, 2.45) is 7.05 Å². The molecule has 1 aliphatic carbocycles. The van der Waals surface area contributed by atoms with Gasteiger partial charge >= 0.3 is 28.6 Å². The average molecular weight is 390 g/mol. The number of nitrogens with zero attached hydrogens (tertiary/aromatic N) is 4. The summed E-state index contributed by atoms with van der Waals surface area (Å²) >= 11 is -3.58. The zero-order valence-electron chi connectivity index (χ0n) is 13.7. The summed E-state index contributed by atoms with van der Waals surface area (Å²) in [5, 5.41) is 4.14. The fourth-order valence-electron chi connectivity index (χ4n) is 2.66. The van der Waals surface area contributed by atoms with Crippen LogP contribution in [0.2, 0.25) is 0 Å². The Hall–Kier alpha value is -2.50. The topological polar surface area (TPSA) is 96.2 Å². The van der Waals surface area contributed by atoms with Gasteiger partial charge in [-0.2, -0.15) is 23.3 Å². The summed E-state index contributed by atoms with van der Waals surface area (Å²) in [6.07, 6.45) is 2.25. The maximum Gasteiger partial charge on any atom is 0.508 e. The number of esters is 1. The molecule has 140 valence electrons. The van der Waals surface area contributed by atoms with Crippen LogP contribution in [0.5, 0.6) is 6.01 Å². The van der Waals surface area contributed by atoms with Gasteiger partial charge in [-0.15, -0.1) is 0 Å². The van der Waals surface area contributed by atoms with Gasteiger partial charge in [0.05, 0.1) is 18.0 Å². The molecule has 2 aromatic rings. The van der Waals surface area contributed by atoms with Crippen LogP contribution < -0.4 is 4.18 Å². The van der Waals surface area contributed by atoms with Crippen LogP contribution in [0.1, 0.15) is 28.5 Å². The van der Waals surface area contributed by atoms with Crippen LogP contribution in [-0.4, -0.2) is 42.0 Å². The van der Waals surface area contributed by atoms with E-state index >= 15 is 0 Å². The molecule has 0 amide bonds. The fraction of sp³-hybridized carbons (Fsp3) is 0.429. The van der Waals surface area contributed by atoms with E-state index in [-0.39, 0.29) is 18.0 Å². The van der Waals surface area contributed by atoms with Gasteiger partial charge in [-0.1, -0.05) is 0 Å². The van der Waals surface area contributed by atoms with E-state index < -0.39 is 28.6 Å². The highest BCUT2D eigenvalue weighted by atomic mass is 32.2. The first-order chi connectivity index (χ1) is 12.2. The van der Waals surface area contributed by atoms with E-state index in [0.29, 0.717) is 29.7 Å². The maximum atomic E-state index is 12.4. The molecule has 3 rings (SSSR count). The molecular formula is C14H13F3N4O4S. The molecule has 0 N–H and O–H groups in total. The second-order valence-corrected chi connectivity index (χ2v) is 6.41. The van der Waals surface area contributed by atoms with Crippen LogP contribution in [0.15, 0.2) is 6.20 Å². The Morgan fingerprint density at radius 3 is 2.77 bits per heavy atom. The van der Waals surface area contributed by atoms with Gasteiger partial charge in [0.2, 0.25) is 0 Å². The number of aromatic nitrogens is 4. The minimum atomic E-state index is -5.05. The monoisotopic (exact) mass is 390 g/mol. The quantitative estimate of drug-likeness (QED) is 0.734. The Balaban J connectivity index is 2.02. The number of rotatable bonds is 4. The molecule has 0 saturated carbocycles. The summed E-state index contributed by atoms with van der Waals surface area (Å²) in [5.41, 5.74) is -2.94. The van der Waals surface area contributed by atoms with E-state index in [9.17, 15) is 22.2 Å². The molecule has 12 heteroatoms. The van der Waals surface area contributed by atoms with Crippen molar-refractivity contribution in [2.45, 2.75) is 25.3 Å². The summed E-state index contributed by atoms with van der Waals surface area (Å²) in [7, 11) is 1.58. The molecule has 8 nitrogen and oxygen atoms in total. The van der Waals surface area contributed by atoms with E-state index in [2.05, 4.69) is 19.2 Å². The van der Waals surface area contributed by atoms with Gasteiger partial charge in [-0.05, 0) is 25.3 Å². The molecule has 0 aliphatic heterocycles. The molecule has 0 spiro atoms. The molecule has 0 aromatic carbocycles. The van der Waals surface area contributed by atoms with Crippen LogP contribution in [0.25, 0.3) is 11.4 Å². The standard InChI is InChI=1S/C14H13F3N4O4S/c1-3-24-12(22)10-8-5-4-7-6-18-13(25-26(23)14(15,16)17)19-9(7)11(8)21(2)20-10/h6H,3-5H2,1-2H3. The zero-order valence-corrected chi connectivity index (χ0v) is 14.5. The second kappa shape index (κ2) is 6.67. The number of carbonyl (C=O) groups excluding carboxylic acids is 1. The van der Waals surface area contributed by atoms with E-state index in [0.717, 1.165) is 0 Å². The van der Waals surface area contributed by atoms with Gasteiger partial charge < -0.3 is 8.92 Å². The Morgan fingerprint density at radius 1 is 1.38 bits per heavy atom. The van der Waals surface area contributed by atoms with Gasteiger partial charge in [-0.25, -0.2) is 14.0 Å². The SMILES string of the molecule is CCOC(=O)c1nn(C)c2c1CCc1cnc(OS(=O)C(F)(F)F)nc1-2. The maximum absolute atomic E-state index is 12.4. The summed E-state index contributed by atoms with van der Waals surface area (Å²) in [6, 6.07) is -0.675. The van der Waals surface area contributed by atoms with E-state index in [1.54, 1.807) is 14.0 Å². The zero-order chi connectivity index (χ0) is 19.1. The third-order valence-electron chi connectivity index (χ3n) is 3.66. The number of halogens is 3. The van der Waals surface area contributed by atoms with Gasteiger partial charge in [0, 0.05) is 18.8 Å². The molecule has 0 saturated heterocycles. The first-order valence-electron chi connectivity index (χ1n) is 7.48. The number of hydrogen-bond acceptors (Lipinski definition) is 7. The number of aryl methyl sites for hydroxylation is 2. The molecule has 0 radical (unpaired) electrons. The van der Waals surface area contributed by atoms with Crippen molar-refractivity contribution in [2.75, 3.05) is 6.61 Å². The predicted molar refractivity (Wildman–Crippen MR) is 82.4 cm³/mol. The minimum absolute atomic E-state index is 0.134. The van der Waals surface area contributed by atoms with Gasteiger partial charge in [0.1, 0.15) is 0 Å². The summed E-state index contributed by atoms with van der Waals surface area (Å²) in [5.74, 6) is -0.587. The summed E-state index contributed by atoms with van der Waals surface area (Å²) < 4.78 is 58.9. The van der Waals surface area contributed by atoms with Crippen LogP contribution in [0.4, 0.5) is 13.2 Å². The highest BCUT2D eigenvalue weighted by Crippen LogP contribution is 2.34. The van der Waals surface area contributed by atoms with Gasteiger partial charge in [0.25, 0.3) is 0 Å². The number of alkyl halides is 3. The van der Waals surface area contributed by atoms with Gasteiger partial charge in [0.15, 0.2) is 5.69 Å². The number of carbonyl (C=O) groups is 1. The Labute approximate surface area is 148 Å². The highest BCUT2D eigenvalue weighted by molar-refractivity contribution is 7.81. The van der Waals surface area contributed by atoms with Crippen LogP contribution in [0, 0.1) is 0 Å². The molecule has 26 heavy (non-hydrogen) atoms. The molecule has 1 aliphatic rings. The number of ether oxygens (including phenoxy) is 1. The predicted octanol–water partition coefficient (Wildman–Crippen LogP) is 1.71. The Kier molecular flexibility index (Phi) is 4.69. The molecule has 1 atom stereocenters. The van der Waals surface area contributed by atoms with Crippen molar-refractivity contribution in [1.29, 1.82) is 0 Å². The smallest absolute Gasteiger partial charge is 0.461 e. The minimum Gasteiger partial charge on any atom is -0.461 e. The van der Waals surface area contributed by atoms with Crippen molar-refractivity contribution in [3.05, 3.63) is 23.0 Å². The molecule has 2 aromatic heterocycles. The molecule has 0 fully saturated rings. The highest BCUT2D eigenvalue weighted by Gasteiger charge is 2.41. The van der Waals surface area contributed by atoms with Crippen molar-refractivity contribution >= 4 is 17.0 Å². The van der Waals surface area contributed by atoms with Crippen molar-refractivity contribution in [3.63, 3.8) is 0 Å². The largest absolute Gasteiger partial charge is 0.508 e. The Bertz CT molecular complexity index is 897. The van der Waals surface area contributed by atoms with Crippen LogP contribution >= 0.6 is 0 Å². The number of fused-ring (bicyclic) bond motifs is 3. The lowest BCUT2D eigenvalue weighted by Crippen LogP contribution is -2.22. The van der Waals surface area contributed by atoms with E-state index in [1.807, 2.05) is 0 Å². The van der Waals surface area contributed by atoms with Crippen molar-refractivity contribution in [1.82, 2.24) is 19.7 Å². The van der Waals surface area contributed by atoms with Crippen molar-refractivity contribution in [3.8, 4) is 17.4 Å². The lowest BCUT2D eigenvalue weighted by Gasteiger charge is -2.17. The second-order valence-electron chi connectivity index (χ2n) is 5.31. The van der Waals surface area contributed by atoms with Crippen LogP contribution in [-0.2, 0) is 35.7 Å². The lowest BCUT2D eigenvalue weighted by atomic mass is 9.93. The number of hydrogen-bond donors (Lipinski definition) is 0. The Morgan fingerprint density at radius 2 is 2.12 bits per heavy atom. The summed E-state index contributed by atoms with van der Waals surface area (Å²) in [4.78, 5) is 19.7. The first-order valence-corrected chi connectivity index (χ1v) is 8.56. The average Bonchev–Trinajstić information content (AvgIpc) is 2.91. The molecule has 0 bridgehead atoms. The van der Waals surface area contributed by atoms with Crippen molar-refractivity contribution < 1.29 is 31.1 Å². The normalized spacial score (nSPS) is 14.3.